The minimum absolute atomic E-state index is 0.169. The van der Waals surface area contributed by atoms with Gasteiger partial charge in [-0.3, -0.25) is 4.79 Å². The van der Waals surface area contributed by atoms with Crippen molar-refractivity contribution in [3.63, 3.8) is 0 Å². The van der Waals surface area contributed by atoms with E-state index in [2.05, 4.69) is 12.2 Å². The van der Waals surface area contributed by atoms with Gasteiger partial charge in [-0.2, -0.15) is 0 Å². The van der Waals surface area contributed by atoms with E-state index in [1.54, 1.807) is 18.2 Å². The van der Waals surface area contributed by atoms with E-state index in [9.17, 15) is 4.79 Å². The van der Waals surface area contributed by atoms with Gasteiger partial charge in [-0.05, 0) is 36.8 Å². The van der Waals surface area contributed by atoms with Gasteiger partial charge in [-0.25, -0.2) is 0 Å². The van der Waals surface area contributed by atoms with Crippen molar-refractivity contribution in [1.82, 2.24) is 5.32 Å². The zero-order chi connectivity index (χ0) is 14.5. The number of nitrogen functional groups attached to an aromatic ring is 1. The summed E-state index contributed by atoms with van der Waals surface area (Å²) in [4.78, 5) is 12.1. The first-order valence-electron chi connectivity index (χ1n) is 7.40. The third kappa shape index (κ3) is 3.89. The Morgan fingerprint density at radius 1 is 1.45 bits per heavy atom. The number of benzene rings is 1. The molecule has 110 valence electrons. The van der Waals surface area contributed by atoms with E-state index >= 15 is 0 Å². The van der Waals surface area contributed by atoms with Crippen molar-refractivity contribution in [2.24, 2.45) is 11.8 Å². The fourth-order valence-electron chi connectivity index (χ4n) is 3.08. The van der Waals surface area contributed by atoms with E-state index in [-0.39, 0.29) is 5.91 Å². The maximum atomic E-state index is 12.1. The molecule has 1 aliphatic carbocycles. The molecular formula is C16H23ClN2O. The summed E-state index contributed by atoms with van der Waals surface area (Å²) in [6.45, 7) is 3.01. The third-order valence-corrected chi connectivity index (χ3v) is 4.47. The lowest BCUT2D eigenvalue weighted by molar-refractivity contribution is 0.0950. The molecule has 3 nitrogen and oxygen atoms in total. The van der Waals surface area contributed by atoms with Crippen LogP contribution in [-0.2, 0) is 0 Å². The molecule has 1 aliphatic rings. The Hall–Kier alpha value is -1.22. The van der Waals surface area contributed by atoms with Crippen molar-refractivity contribution in [2.75, 3.05) is 12.3 Å². The van der Waals surface area contributed by atoms with E-state index in [1.807, 2.05) is 0 Å². The Labute approximate surface area is 125 Å². The molecule has 4 heteroatoms. The first-order chi connectivity index (χ1) is 9.58. The highest BCUT2D eigenvalue weighted by atomic mass is 35.5. The summed E-state index contributed by atoms with van der Waals surface area (Å²) in [5, 5.41) is 3.35. The Kier molecular flexibility index (Phi) is 5.30. The minimum atomic E-state index is -0.169. The van der Waals surface area contributed by atoms with Crippen molar-refractivity contribution in [2.45, 2.75) is 39.0 Å². The number of rotatable bonds is 4. The van der Waals surface area contributed by atoms with Crippen LogP contribution in [0.4, 0.5) is 5.69 Å². The fourth-order valence-corrected chi connectivity index (χ4v) is 3.35. The second kappa shape index (κ2) is 6.98. The van der Waals surface area contributed by atoms with E-state index in [0.29, 0.717) is 22.8 Å². The molecule has 0 saturated heterocycles. The molecule has 3 N–H and O–H groups in total. The first-order valence-corrected chi connectivity index (χ1v) is 7.78. The lowest BCUT2D eigenvalue weighted by atomic mass is 9.81. The molecule has 0 bridgehead atoms. The quantitative estimate of drug-likeness (QED) is 0.828. The summed E-state index contributed by atoms with van der Waals surface area (Å²) >= 11 is 6.03. The highest BCUT2D eigenvalue weighted by Gasteiger charge is 2.19. The Balaban J connectivity index is 1.83. The average molecular weight is 295 g/mol. The molecule has 0 heterocycles. The maximum absolute atomic E-state index is 12.1. The standard InChI is InChI=1S/C16H23ClN2O/c1-11-4-2-5-12(10-11)8-9-19-16(20)15-13(17)6-3-7-14(15)18/h3,6-7,11-12H,2,4-5,8-10,18H2,1H3,(H,19,20). The highest BCUT2D eigenvalue weighted by molar-refractivity contribution is 6.34. The van der Waals surface area contributed by atoms with Gasteiger partial charge in [0.15, 0.2) is 0 Å². The molecule has 1 amide bonds. The largest absolute Gasteiger partial charge is 0.398 e. The van der Waals surface area contributed by atoms with Gasteiger partial charge in [-0.15, -0.1) is 0 Å². The molecule has 2 rings (SSSR count). The van der Waals surface area contributed by atoms with Crippen molar-refractivity contribution < 1.29 is 4.79 Å². The van der Waals surface area contributed by atoms with Crippen molar-refractivity contribution in [3.8, 4) is 0 Å². The van der Waals surface area contributed by atoms with Crippen LogP contribution < -0.4 is 11.1 Å². The second-order valence-electron chi connectivity index (χ2n) is 5.89. The number of hydrogen-bond acceptors (Lipinski definition) is 2. The molecule has 1 fully saturated rings. The Morgan fingerprint density at radius 3 is 2.95 bits per heavy atom. The van der Waals surface area contributed by atoms with E-state index in [1.165, 1.54) is 25.7 Å². The molecule has 20 heavy (non-hydrogen) atoms. The maximum Gasteiger partial charge on any atom is 0.254 e. The summed E-state index contributed by atoms with van der Waals surface area (Å²) in [7, 11) is 0. The van der Waals surface area contributed by atoms with Crippen LogP contribution in [-0.4, -0.2) is 12.5 Å². The van der Waals surface area contributed by atoms with Crippen molar-refractivity contribution >= 4 is 23.2 Å². The van der Waals surface area contributed by atoms with Gasteiger partial charge in [0.05, 0.1) is 10.6 Å². The smallest absolute Gasteiger partial charge is 0.254 e. The van der Waals surface area contributed by atoms with Gasteiger partial charge in [0.25, 0.3) is 5.91 Å². The molecular weight excluding hydrogens is 272 g/mol. The SMILES string of the molecule is CC1CCCC(CCNC(=O)c2c(N)cccc2Cl)C1. The summed E-state index contributed by atoms with van der Waals surface area (Å²) in [6, 6.07) is 5.14. The molecule has 0 spiro atoms. The summed E-state index contributed by atoms with van der Waals surface area (Å²) in [5.74, 6) is 1.39. The Bertz CT molecular complexity index is 455. The van der Waals surface area contributed by atoms with E-state index in [4.69, 9.17) is 17.3 Å². The van der Waals surface area contributed by atoms with Crippen LogP contribution in [0.2, 0.25) is 5.02 Å². The average Bonchev–Trinajstić information content (AvgIpc) is 2.38. The van der Waals surface area contributed by atoms with Gasteiger partial charge in [-0.1, -0.05) is 43.9 Å². The minimum Gasteiger partial charge on any atom is -0.398 e. The van der Waals surface area contributed by atoms with Gasteiger partial charge < -0.3 is 11.1 Å². The van der Waals surface area contributed by atoms with Crippen LogP contribution in [0, 0.1) is 11.8 Å². The zero-order valence-corrected chi connectivity index (χ0v) is 12.7. The second-order valence-corrected chi connectivity index (χ2v) is 6.29. The molecule has 1 aromatic carbocycles. The van der Waals surface area contributed by atoms with E-state index in [0.717, 1.165) is 18.3 Å². The van der Waals surface area contributed by atoms with Gasteiger partial charge in [0.1, 0.15) is 0 Å². The van der Waals surface area contributed by atoms with Crippen LogP contribution in [0.15, 0.2) is 18.2 Å². The predicted octanol–water partition coefficient (Wildman–Crippen LogP) is 3.87. The van der Waals surface area contributed by atoms with Gasteiger partial charge in [0.2, 0.25) is 0 Å². The molecule has 1 saturated carbocycles. The zero-order valence-electron chi connectivity index (χ0n) is 12.0. The molecule has 0 aromatic heterocycles. The van der Waals surface area contributed by atoms with Gasteiger partial charge in [0, 0.05) is 12.2 Å². The number of carbonyl (C=O) groups is 1. The number of hydrogen-bond donors (Lipinski definition) is 2. The number of nitrogens with two attached hydrogens (primary N) is 1. The molecule has 0 radical (unpaired) electrons. The molecule has 2 atom stereocenters. The normalized spacial score (nSPS) is 22.5. The molecule has 0 aliphatic heterocycles. The van der Waals surface area contributed by atoms with E-state index < -0.39 is 0 Å². The number of amides is 1. The summed E-state index contributed by atoms with van der Waals surface area (Å²) in [6.07, 6.45) is 6.27. The first kappa shape index (κ1) is 15.2. The summed E-state index contributed by atoms with van der Waals surface area (Å²) in [5.41, 5.74) is 6.64. The summed E-state index contributed by atoms with van der Waals surface area (Å²) < 4.78 is 0. The van der Waals surface area contributed by atoms with Crippen LogP contribution >= 0.6 is 11.6 Å². The van der Waals surface area contributed by atoms with Crippen molar-refractivity contribution in [1.29, 1.82) is 0 Å². The lowest BCUT2D eigenvalue weighted by Gasteiger charge is -2.26. The number of carbonyl (C=O) groups excluding carboxylic acids is 1. The third-order valence-electron chi connectivity index (χ3n) is 4.16. The number of nitrogens with one attached hydrogen (secondary N) is 1. The molecule has 1 aromatic rings. The fraction of sp³-hybridized carbons (Fsp3) is 0.562. The number of anilines is 1. The highest BCUT2D eigenvalue weighted by Crippen LogP contribution is 2.30. The van der Waals surface area contributed by atoms with Crippen LogP contribution in [0.3, 0.4) is 0 Å². The number of halogens is 1. The topological polar surface area (TPSA) is 55.1 Å². The predicted molar refractivity (Wildman–Crippen MR) is 83.9 cm³/mol. The Morgan fingerprint density at radius 2 is 2.25 bits per heavy atom. The lowest BCUT2D eigenvalue weighted by Crippen LogP contribution is -2.28. The van der Waals surface area contributed by atoms with Crippen LogP contribution in [0.5, 0.6) is 0 Å². The molecule has 2 unspecified atom stereocenters. The van der Waals surface area contributed by atoms with Gasteiger partial charge >= 0.3 is 0 Å². The van der Waals surface area contributed by atoms with Crippen LogP contribution in [0.25, 0.3) is 0 Å². The van der Waals surface area contributed by atoms with Crippen molar-refractivity contribution in [3.05, 3.63) is 28.8 Å². The monoisotopic (exact) mass is 294 g/mol. The van der Waals surface area contributed by atoms with Crippen LogP contribution in [0.1, 0.15) is 49.4 Å².